The van der Waals surface area contributed by atoms with E-state index >= 15 is 0 Å². The number of hydrogen-bond acceptors (Lipinski definition) is 3. The molecule has 5 heteroatoms. The van der Waals surface area contributed by atoms with Crippen molar-refractivity contribution in [2.75, 3.05) is 18.6 Å². The number of ether oxygens (including phenoxy) is 1. The van der Waals surface area contributed by atoms with Crippen molar-refractivity contribution in [2.45, 2.75) is 70.6 Å². The number of amides is 1. The van der Waals surface area contributed by atoms with Crippen LogP contribution in [0.5, 0.6) is 5.75 Å². The number of anilines is 1. The molecule has 2 aromatic carbocycles. The van der Waals surface area contributed by atoms with E-state index in [1.165, 1.54) is 17.5 Å². The molecule has 0 radical (unpaired) electrons. The van der Waals surface area contributed by atoms with E-state index in [0.29, 0.717) is 17.7 Å². The van der Waals surface area contributed by atoms with Crippen LogP contribution in [-0.4, -0.2) is 29.3 Å². The third kappa shape index (κ3) is 6.74. The van der Waals surface area contributed by atoms with Gasteiger partial charge in [-0.3, -0.25) is 9.48 Å². The lowest BCUT2D eigenvalue weighted by Crippen LogP contribution is -2.41. The summed E-state index contributed by atoms with van der Waals surface area (Å²) in [6.45, 7) is 2.92. The number of carbonyl (C=O) groups excluding carboxylic acids is 1. The second-order valence-corrected chi connectivity index (χ2v) is 11.4. The molecule has 1 amide bonds. The van der Waals surface area contributed by atoms with Crippen LogP contribution in [0.25, 0.3) is 0 Å². The molecule has 0 aliphatic heterocycles. The Bertz CT molecular complexity index is 1330. The van der Waals surface area contributed by atoms with Crippen LogP contribution >= 0.6 is 0 Å². The maximum Gasteiger partial charge on any atom is 0.230 e. The fourth-order valence-electron chi connectivity index (χ4n) is 6.35. The Morgan fingerprint density at radius 3 is 2.49 bits per heavy atom. The Labute approximate surface area is 233 Å². The van der Waals surface area contributed by atoms with Crippen LogP contribution in [0.1, 0.15) is 86.1 Å². The largest absolute Gasteiger partial charge is 0.496 e. The molecule has 0 saturated heterocycles. The third-order valence-corrected chi connectivity index (χ3v) is 8.60. The highest BCUT2D eigenvalue weighted by molar-refractivity contribution is 5.95. The van der Waals surface area contributed by atoms with Gasteiger partial charge in [0.25, 0.3) is 0 Å². The average molecular weight is 524 g/mol. The maximum atomic E-state index is 13.9. The second-order valence-electron chi connectivity index (χ2n) is 11.4. The van der Waals surface area contributed by atoms with Crippen molar-refractivity contribution in [3.8, 4) is 17.6 Å². The zero-order valence-corrected chi connectivity index (χ0v) is 23.7. The van der Waals surface area contributed by atoms with Crippen molar-refractivity contribution >= 4 is 11.6 Å². The predicted octanol–water partition coefficient (Wildman–Crippen LogP) is 7.02. The minimum Gasteiger partial charge on any atom is -0.496 e. The van der Waals surface area contributed by atoms with Gasteiger partial charge in [0.05, 0.1) is 7.11 Å². The lowest BCUT2D eigenvalue weighted by atomic mass is 9.78. The van der Waals surface area contributed by atoms with Gasteiger partial charge in [0.2, 0.25) is 5.91 Å². The summed E-state index contributed by atoms with van der Waals surface area (Å²) in [5.74, 6) is 8.91. The Morgan fingerprint density at radius 1 is 1.00 bits per heavy atom. The van der Waals surface area contributed by atoms with Gasteiger partial charge in [-0.1, -0.05) is 43.4 Å². The molecule has 0 spiro atoms. The highest BCUT2D eigenvalue weighted by atomic mass is 16.5. The van der Waals surface area contributed by atoms with Crippen LogP contribution in [0.3, 0.4) is 0 Å². The fraction of sp³-hybridized carbons (Fsp3) is 0.471. The Hall–Kier alpha value is -3.52. The van der Waals surface area contributed by atoms with Crippen molar-refractivity contribution in [3.05, 3.63) is 77.1 Å². The van der Waals surface area contributed by atoms with Crippen LogP contribution in [0.15, 0.2) is 54.7 Å². The number of carbonyl (C=O) groups is 1. The standard InChI is InChI=1S/C34H41N3O2/c1-25-22-30(17-19-33(25)39-3)28-15-12-27(13-16-28)24-37(34(38)29-9-5-4-6-10-29)32-11-7-8-26(23-32)14-18-31-20-21-36(2)35-31/h7-8,11,17,19-23,27-29H,4-6,9-10,12-13,15-16,24H2,1-3H3. The zero-order chi connectivity index (χ0) is 27.2. The van der Waals surface area contributed by atoms with Crippen LogP contribution in [-0.2, 0) is 11.8 Å². The number of nitrogens with zero attached hydrogens (tertiary/aromatic N) is 3. The van der Waals surface area contributed by atoms with Crippen molar-refractivity contribution < 1.29 is 9.53 Å². The fourth-order valence-corrected chi connectivity index (χ4v) is 6.35. The highest BCUT2D eigenvalue weighted by Gasteiger charge is 2.31. The van der Waals surface area contributed by atoms with E-state index in [4.69, 9.17) is 4.74 Å². The monoisotopic (exact) mass is 523 g/mol. The number of aromatic nitrogens is 2. The molecule has 204 valence electrons. The molecule has 1 aromatic heterocycles. The van der Waals surface area contributed by atoms with Crippen molar-refractivity contribution in [2.24, 2.45) is 18.9 Å². The molecule has 2 fully saturated rings. The van der Waals surface area contributed by atoms with Gasteiger partial charge in [-0.15, -0.1) is 0 Å². The van der Waals surface area contributed by atoms with E-state index < -0.39 is 0 Å². The first-order valence-corrected chi connectivity index (χ1v) is 14.6. The number of methoxy groups -OCH3 is 1. The molecule has 0 N–H and O–H groups in total. The van der Waals surface area contributed by atoms with E-state index in [1.54, 1.807) is 11.8 Å². The van der Waals surface area contributed by atoms with Crippen molar-refractivity contribution in [1.29, 1.82) is 0 Å². The summed E-state index contributed by atoms with van der Waals surface area (Å²) in [5, 5.41) is 4.36. The van der Waals surface area contributed by atoms with Crippen LogP contribution in [0.2, 0.25) is 0 Å². The SMILES string of the molecule is COc1ccc(C2CCC(CN(C(=O)C3CCCCC3)c3cccc(C#Cc4ccn(C)n4)c3)CC2)cc1C. The van der Waals surface area contributed by atoms with Gasteiger partial charge < -0.3 is 9.64 Å². The highest BCUT2D eigenvalue weighted by Crippen LogP contribution is 2.38. The smallest absolute Gasteiger partial charge is 0.230 e. The molecule has 39 heavy (non-hydrogen) atoms. The quantitative estimate of drug-likeness (QED) is 0.326. The molecular weight excluding hydrogens is 482 g/mol. The van der Waals surface area contributed by atoms with E-state index in [1.807, 2.05) is 31.4 Å². The van der Waals surface area contributed by atoms with Crippen LogP contribution in [0, 0.1) is 30.6 Å². The van der Waals surface area contributed by atoms with Gasteiger partial charge in [-0.25, -0.2) is 0 Å². The molecule has 0 bridgehead atoms. The summed E-state index contributed by atoms with van der Waals surface area (Å²) >= 11 is 0. The molecule has 5 rings (SSSR count). The number of aryl methyl sites for hydroxylation is 2. The van der Waals surface area contributed by atoms with E-state index in [0.717, 1.165) is 80.6 Å². The Morgan fingerprint density at radius 2 is 1.79 bits per heavy atom. The Kier molecular flexibility index (Phi) is 8.71. The van der Waals surface area contributed by atoms with E-state index in [9.17, 15) is 4.79 Å². The summed E-state index contributed by atoms with van der Waals surface area (Å²) in [6, 6.07) is 16.8. The lowest BCUT2D eigenvalue weighted by molar-refractivity contribution is -0.123. The van der Waals surface area contributed by atoms with Crippen molar-refractivity contribution in [1.82, 2.24) is 9.78 Å². The summed E-state index contributed by atoms with van der Waals surface area (Å²) in [6.07, 6.45) is 12.1. The summed E-state index contributed by atoms with van der Waals surface area (Å²) in [4.78, 5) is 16.0. The normalized spacial score (nSPS) is 19.7. The molecule has 3 aromatic rings. The minimum absolute atomic E-state index is 0.139. The number of rotatable bonds is 6. The lowest BCUT2D eigenvalue weighted by Gasteiger charge is -2.35. The molecule has 0 unspecified atom stereocenters. The molecule has 1 heterocycles. The Balaban J connectivity index is 1.31. The summed E-state index contributed by atoms with van der Waals surface area (Å²) in [5.41, 5.74) is 5.26. The van der Waals surface area contributed by atoms with Gasteiger partial charge in [0.1, 0.15) is 11.4 Å². The van der Waals surface area contributed by atoms with Gasteiger partial charge in [0, 0.05) is 37.0 Å². The first kappa shape index (κ1) is 27.1. The first-order chi connectivity index (χ1) is 19.0. The first-order valence-electron chi connectivity index (χ1n) is 14.6. The van der Waals surface area contributed by atoms with Crippen molar-refractivity contribution in [3.63, 3.8) is 0 Å². The maximum absolute atomic E-state index is 13.9. The van der Waals surface area contributed by atoms with Gasteiger partial charge in [-0.05, 0) is 105 Å². The molecule has 2 aliphatic carbocycles. The van der Waals surface area contributed by atoms with Crippen LogP contribution < -0.4 is 9.64 Å². The third-order valence-electron chi connectivity index (χ3n) is 8.60. The van der Waals surface area contributed by atoms with Gasteiger partial charge >= 0.3 is 0 Å². The molecule has 5 nitrogen and oxygen atoms in total. The average Bonchev–Trinajstić information content (AvgIpc) is 3.40. The predicted molar refractivity (Wildman–Crippen MR) is 157 cm³/mol. The topological polar surface area (TPSA) is 47.4 Å². The van der Waals surface area contributed by atoms with Crippen LogP contribution in [0.4, 0.5) is 5.69 Å². The second kappa shape index (κ2) is 12.6. The minimum atomic E-state index is 0.139. The van der Waals surface area contributed by atoms with E-state index in [-0.39, 0.29) is 5.92 Å². The number of hydrogen-bond donors (Lipinski definition) is 0. The van der Waals surface area contributed by atoms with Gasteiger partial charge in [-0.2, -0.15) is 5.10 Å². The summed E-state index contributed by atoms with van der Waals surface area (Å²) < 4.78 is 7.22. The molecule has 2 saturated carbocycles. The number of benzene rings is 2. The summed E-state index contributed by atoms with van der Waals surface area (Å²) in [7, 11) is 3.63. The molecule has 2 aliphatic rings. The van der Waals surface area contributed by atoms with Gasteiger partial charge in [0.15, 0.2) is 0 Å². The molecular formula is C34H41N3O2. The van der Waals surface area contributed by atoms with E-state index in [2.05, 4.69) is 59.1 Å². The molecule has 0 atom stereocenters. The zero-order valence-electron chi connectivity index (χ0n) is 23.7.